The van der Waals surface area contributed by atoms with Crippen molar-refractivity contribution >= 4 is 5.96 Å². The fourth-order valence-corrected chi connectivity index (χ4v) is 2.94. The van der Waals surface area contributed by atoms with E-state index >= 15 is 0 Å². The SMILES string of the molecule is CCNC(=NCc1cccc(C(F)(F)F)c1)NCC1(CCO)CCOC1. The zero-order valence-corrected chi connectivity index (χ0v) is 14.9. The summed E-state index contributed by atoms with van der Waals surface area (Å²) in [4.78, 5) is 4.38. The van der Waals surface area contributed by atoms with E-state index < -0.39 is 11.7 Å². The molecule has 0 aromatic heterocycles. The average molecular weight is 373 g/mol. The lowest BCUT2D eigenvalue weighted by Crippen LogP contribution is -2.44. The summed E-state index contributed by atoms with van der Waals surface area (Å²) in [6, 6.07) is 5.18. The first-order chi connectivity index (χ1) is 12.4. The monoisotopic (exact) mass is 373 g/mol. The minimum Gasteiger partial charge on any atom is -0.396 e. The number of nitrogens with one attached hydrogen (secondary N) is 2. The van der Waals surface area contributed by atoms with Crippen LogP contribution in [0.4, 0.5) is 13.2 Å². The van der Waals surface area contributed by atoms with Crippen molar-refractivity contribution in [2.24, 2.45) is 10.4 Å². The summed E-state index contributed by atoms with van der Waals surface area (Å²) < 4.78 is 43.9. The highest BCUT2D eigenvalue weighted by Gasteiger charge is 2.34. The van der Waals surface area contributed by atoms with Gasteiger partial charge in [-0.1, -0.05) is 12.1 Å². The molecular weight excluding hydrogens is 347 g/mol. The third-order valence-corrected chi connectivity index (χ3v) is 4.48. The minimum atomic E-state index is -4.36. The molecule has 1 heterocycles. The van der Waals surface area contributed by atoms with Gasteiger partial charge in [-0.25, -0.2) is 4.99 Å². The van der Waals surface area contributed by atoms with E-state index in [1.54, 1.807) is 6.07 Å². The van der Waals surface area contributed by atoms with Crippen molar-refractivity contribution in [1.82, 2.24) is 10.6 Å². The molecule has 1 unspecified atom stereocenters. The maximum Gasteiger partial charge on any atom is 0.416 e. The Balaban J connectivity index is 2.02. The molecule has 0 spiro atoms. The van der Waals surface area contributed by atoms with Crippen LogP contribution in [0.3, 0.4) is 0 Å². The van der Waals surface area contributed by atoms with Crippen molar-refractivity contribution in [2.75, 3.05) is 32.9 Å². The van der Waals surface area contributed by atoms with E-state index in [4.69, 9.17) is 4.74 Å². The van der Waals surface area contributed by atoms with Crippen LogP contribution in [0.2, 0.25) is 0 Å². The van der Waals surface area contributed by atoms with E-state index in [1.165, 1.54) is 6.07 Å². The Morgan fingerprint density at radius 3 is 2.77 bits per heavy atom. The van der Waals surface area contributed by atoms with Crippen LogP contribution in [0.1, 0.15) is 30.9 Å². The summed E-state index contributed by atoms with van der Waals surface area (Å²) in [6.45, 7) is 4.61. The second-order valence-electron chi connectivity index (χ2n) is 6.52. The molecule has 5 nitrogen and oxygen atoms in total. The lowest BCUT2D eigenvalue weighted by molar-refractivity contribution is -0.137. The Morgan fingerprint density at radius 1 is 1.35 bits per heavy atom. The molecule has 26 heavy (non-hydrogen) atoms. The van der Waals surface area contributed by atoms with Crippen LogP contribution in [0, 0.1) is 5.41 Å². The molecule has 146 valence electrons. The Kier molecular flexibility index (Phi) is 7.28. The van der Waals surface area contributed by atoms with Crippen molar-refractivity contribution in [2.45, 2.75) is 32.5 Å². The Morgan fingerprint density at radius 2 is 2.15 bits per heavy atom. The topological polar surface area (TPSA) is 65.9 Å². The maximum absolute atomic E-state index is 12.8. The molecule has 1 saturated heterocycles. The van der Waals surface area contributed by atoms with Gasteiger partial charge in [0.1, 0.15) is 0 Å². The standard InChI is InChI=1S/C18H26F3N3O2/c1-2-22-16(24-12-17(6-8-25)7-9-26-13-17)23-11-14-4-3-5-15(10-14)18(19,20)21/h3-5,10,25H,2,6-9,11-13H2,1H3,(H2,22,23,24). The first-order valence-electron chi connectivity index (χ1n) is 8.75. The Bertz CT molecular complexity index is 600. The molecule has 1 atom stereocenters. The van der Waals surface area contributed by atoms with Gasteiger partial charge in [0.2, 0.25) is 0 Å². The normalized spacial score (nSPS) is 21.0. The van der Waals surface area contributed by atoms with E-state index in [-0.39, 0.29) is 18.6 Å². The number of rotatable bonds is 7. The van der Waals surface area contributed by atoms with E-state index in [0.717, 1.165) is 18.6 Å². The van der Waals surface area contributed by atoms with Gasteiger partial charge in [-0.3, -0.25) is 0 Å². The predicted octanol–water partition coefficient (Wildman–Crippen LogP) is 2.55. The molecule has 1 aromatic rings. The largest absolute Gasteiger partial charge is 0.416 e. The van der Waals surface area contributed by atoms with Gasteiger partial charge in [0.15, 0.2) is 5.96 Å². The highest BCUT2D eigenvalue weighted by atomic mass is 19.4. The smallest absolute Gasteiger partial charge is 0.396 e. The number of guanidine groups is 1. The van der Waals surface area contributed by atoms with Gasteiger partial charge in [0, 0.05) is 31.7 Å². The lowest BCUT2D eigenvalue weighted by atomic mass is 9.84. The third-order valence-electron chi connectivity index (χ3n) is 4.48. The minimum absolute atomic E-state index is 0.0863. The van der Waals surface area contributed by atoms with Gasteiger partial charge in [0.25, 0.3) is 0 Å². The highest BCUT2D eigenvalue weighted by Crippen LogP contribution is 2.31. The molecule has 1 aliphatic heterocycles. The number of aliphatic imine (C=N–C) groups is 1. The lowest BCUT2D eigenvalue weighted by Gasteiger charge is -2.27. The van der Waals surface area contributed by atoms with Gasteiger partial charge in [-0.05, 0) is 37.5 Å². The van der Waals surface area contributed by atoms with Gasteiger partial charge >= 0.3 is 6.18 Å². The maximum atomic E-state index is 12.8. The fraction of sp³-hybridized carbons (Fsp3) is 0.611. The van der Waals surface area contributed by atoms with Gasteiger partial charge in [-0.15, -0.1) is 0 Å². The second-order valence-corrected chi connectivity index (χ2v) is 6.52. The number of aliphatic hydroxyl groups excluding tert-OH is 1. The number of hydrogen-bond donors (Lipinski definition) is 3. The van der Waals surface area contributed by atoms with Crippen molar-refractivity contribution in [3.05, 3.63) is 35.4 Å². The molecule has 0 amide bonds. The Labute approximate surface area is 151 Å². The van der Waals surface area contributed by atoms with Crippen molar-refractivity contribution in [3.63, 3.8) is 0 Å². The number of ether oxygens (including phenoxy) is 1. The van der Waals surface area contributed by atoms with Crippen LogP contribution in [-0.4, -0.2) is 44.0 Å². The van der Waals surface area contributed by atoms with E-state index in [1.807, 2.05) is 6.92 Å². The average Bonchev–Trinajstić information content (AvgIpc) is 3.06. The molecule has 0 radical (unpaired) electrons. The van der Waals surface area contributed by atoms with Crippen LogP contribution < -0.4 is 10.6 Å². The van der Waals surface area contributed by atoms with Gasteiger partial charge in [0.05, 0.1) is 18.7 Å². The zero-order valence-electron chi connectivity index (χ0n) is 14.9. The second kappa shape index (κ2) is 9.23. The van der Waals surface area contributed by atoms with E-state index in [9.17, 15) is 18.3 Å². The third kappa shape index (κ3) is 5.88. The van der Waals surface area contributed by atoms with Crippen molar-refractivity contribution in [3.8, 4) is 0 Å². The summed E-state index contributed by atoms with van der Waals surface area (Å²) in [7, 11) is 0. The number of benzene rings is 1. The molecule has 0 saturated carbocycles. The van der Waals surface area contributed by atoms with Crippen LogP contribution in [0.15, 0.2) is 29.3 Å². The van der Waals surface area contributed by atoms with Crippen LogP contribution >= 0.6 is 0 Å². The first-order valence-corrected chi connectivity index (χ1v) is 8.75. The van der Waals surface area contributed by atoms with Gasteiger partial charge in [-0.2, -0.15) is 13.2 Å². The van der Waals surface area contributed by atoms with E-state index in [0.29, 0.717) is 44.2 Å². The molecule has 1 aliphatic rings. The highest BCUT2D eigenvalue weighted by molar-refractivity contribution is 5.79. The number of hydrogen-bond acceptors (Lipinski definition) is 3. The number of alkyl halides is 3. The molecular formula is C18H26F3N3O2. The summed E-state index contributed by atoms with van der Waals surface area (Å²) in [6.07, 6.45) is -2.87. The van der Waals surface area contributed by atoms with Crippen molar-refractivity contribution < 1.29 is 23.0 Å². The van der Waals surface area contributed by atoms with Crippen LogP contribution in [-0.2, 0) is 17.5 Å². The molecule has 1 fully saturated rings. The zero-order chi connectivity index (χ0) is 19.0. The van der Waals surface area contributed by atoms with Crippen molar-refractivity contribution in [1.29, 1.82) is 0 Å². The first kappa shape index (κ1) is 20.5. The fourth-order valence-electron chi connectivity index (χ4n) is 2.94. The number of halogens is 3. The Hall–Kier alpha value is -1.80. The molecule has 8 heteroatoms. The molecule has 0 bridgehead atoms. The summed E-state index contributed by atoms with van der Waals surface area (Å²) in [5.74, 6) is 0.536. The summed E-state index contributed by atoms with van der Waals surface area (Å²) in [5.41, 5.74) is -0.319. The number of aliphatic hydroxyl groups is 1. The molecule has 0 aliphatic carbocycles. The number of nitrogens with zero attached hydrogens (tertiary/aromatic N) is 1. The summed E-state index contributed by atoms with van der Waals surface area (Å²) >= 11 is 0. The van der Waals surface area contributed by atoms with E-state index in [2.05, 4.69) is 15.6 Å². The molecule has 3 N–H and O–H groups in total. The molecule has 1 aromatic carbocycles. The predicted molar refractivity (Wildman–Crippen MR) is 93.8 cm³/mol. The van der Waals surface area contributed by atoms with Crippen LogP contribution in [0.5, 0.6) is 0 Å². The quantitative estimate of drug-likeness (QED) is 0.508. The molecule has 2 rings (SSSR count). The summed E-state index contributed by atoms with van der Waals surface area (Å²) in [5, 5.41) is 15.6. The van der Waals surface area contributed by atoms with Gasteiger partial charge < -0.3 is 20.5 Å². The van der Waals surface area contributed by atoms with Crippen LogP contribution in [0.25, 0.3) is 0 Å².